The SMILES string of the molecule is COc1ccccc1NCC(=O)Nc1cccc(C(=O)NC(C)c2ccccc2)c1. The first-order valence-corrected chi connectivity index (χ1v) is 9.69. The van der Waals surface area contributed by atoms with E-state index in [1.54, 1.807) is 31.4 Å². The van der Waals surface area contributed by atoms with Gasteiger partial charge in [0.15, 0.2) is 0 Å². The van der Waals surface area contributed by atoms with Gasteiger partial charge in [-0.05, 0) is 42.8 Å². The first-order chi connectivity index (χ1) is 14.6. The Kier molecular flexibility index (Phi) is 7.05. The number of amides is 2. The van der Waals surface area contributed by atoms with Crippen molar-refractivity contribution in [2.45, 2.75) is 13.0 Å². The average molecular weight is 403 g/mol. The fraction of sp³-hybridized carbons (Fsp3) is 0.167. The van der Waals surface area contributed by atoms with Crippen LogP contribution >= 0.6 is 0 Å². The summed E-state index contributed by atoms with van der Waals surface area (Å²) in [6.07, 6.45) is 0. The number of para-hydroxylation sites is 2. The van der Waals surface area contributed by atoms with Gasteiger partial charge in [-0.2, -0.15) is 0 Å². The number of ether oxygens (including phenoxy) is 1. The topological polar surface area (TPSA) is 79.5 Å². The van der Waals surface area contributed by atoms with Crippen LogP contribution in [0.4, 0.5) is 11.4 Å². The van der Waals surface area contributed by atoms with Gasteiger partial charge in [0, 0.05) is 11.3 Å². The Hall–Kier alpha value is -3.80. The zero-order valence-electron chi connectivity index (χ0n) is 17.0. The smallest absolute Gasteiger partial charge is 0.251 e. The molecule has 0 bridgehead atoms. The molecule has 3 aromatic carbocycles. The summed E-state index contributed by atoms with van der Waals surface area (Å²) >= 11 is 0. The summed E-state index contributed by atoms with van der Waals surface area (Å²) in [5.41, 5.74) is 2.80. The van der Waals surface area contributed by atoms with Crippen LogP contribution in [0.1, 0.15) is 28.9 Å². The number of nitrogens with one attached hydrogen (secondary N) is 3. The lowest BCUT2D eigenvalue weighted by Crippen LogP contribution is -2.27. The lowest BCUT2D eigenvalue weighted by atomic mass is 10.1. The van der Waals surface area contributed by atoms with Gasteiger partial charge in [-0.15, -0.1) is 0 Å². The second-order valence-corrected chi connectivity index (χ2v) is 6.79. The average Bonchev–Trinajstić information content (AvgIpc) is 2.78. The number of carbonyl (C=O) groups is 2. The highest BCUT2D eigenvalue weighted by Gasteiger charge is 2.12. The molecule has 0 heterocycles. The van der Waals surface area contributed by atoms with Crippen LogP contribution in [-0.4, -0.2) is 25.5 Å². The molecular weight excluding hydrogens is 378 g/mol. The number of hydrogen-bond donors (Lipinski definition) is 3. The third kappa shape index (κ3) is 5.61. The molecule has 6 heteroatoms. The largest absolute Gasteiger partial charge is 0.495 e. The fourth-order valence-corrected chi connectivity index (χ4v) is 3.01. The number of methoxy groups -OCH3 is 1. The maximum Gasteiger partial charge on any atom is 0.251 e. The van der Waals surface area contributed by atoms with E-state index in [1.807, 2.05) is 61.5 Å². The molecule has 0 aliphatic rings. The summed E-state index contributed by atoms with van der Waals surface area (Å²) < 4.78 is 5.26. The van der Waals surface area contributed by atoms with Gasteiger partial charge in [-0.25, -0.2) is 0 Å². The maximum atomic E-state index is 12.6. The normalized spacial score (nSPS) is 11.3. The summed E-state index contributed by atoms with van der Waals surface area (Å²) in [6, 6.07) is 23.9. The summed E-state index contributed by atoms with van der Waals surface area (Å²) in [4.78, 5) is 24.9. The van der Waals surface area contributed by atoms with Crippen molar-refractivity contribution in [3.63, 3.8) is 0 Å². The summed E-state index contributed by atoms with van der Waals surface area (Å²) in [5, 5.41) is 8.83. The highest BCUT2D eigenvalue weighted by atomic mass is 16.5. The van der Waals surface area contributed by atoms with Crippen molar-refractivity contribution in [3.8, 4) is 5.75 Å². The van der Waals surface area contributed by atoms with E-state index in [0.29, 0.717) is 17.0 Å². The minimum absolute atomic E-state index is 0.0713. The molecule has 3 aromatic rings. The van der Waals surface area contributed by atoms with Crippen molar-refractivity contribution >= 4 is 23.2 Å². The minimum Gasteiger partial charge on any atom is -0.495 e. The molecular formula is C24H25N3O3. The van der Waals surface area contributed by atoms with Crippen molar-refractivity contribution < 1.29 is 14.3 Å². The van der Waals surface area contributed by atoms with Crippen molar-refractivity contribution in [1.82, 2.24) is 5.32 Å². The van der Waals surface area contributed by atoms with Crippen molar-refractivity contribution in [3.05, 3.63) is 90.0 Å². The van der Waals surface area contributed by atoms with Crippen LogP contribution in [0.5, 0.6) is 5.75 Å². The third-order valence-electron chi connectivity index (χ3n) is 4.60. The Bertz CT molecular complexity index is 1010. The third-order valence-corrected chi connectivity index (χ3v) is 4.60. The Morgan fingerprint density at radius 3 is 2.43 bits per heavy atom. The molecule has 0 spiro atoms. The minimum atomic E-state index is -0.226. The van der Waals surface area contributed by atoms with Crippen molar-refractivity contribution in [2.75, 3.05) is 24.3 Å². The molecule has 0 saturated heterocycles. The second kappa shape index (κ2) is 10.1. The number of hydrogen-bond acceptors (Lipinski definition) is 4. The van der Waals surface area contributed by atoms with Crippen LogP contribution in [0.15, 0.2) is 78.9 Å². The Balaban J connectivity index is 1.58. The van der Waals surface area contributed by atoms with E-state index >= 15 is 0 Å². The number of benzene rings is 3. The molecule has 2 amide bonds. The predicted octanol–water partition coefficient (Wildman–Crippen LogP) is 4.24. The van der Waals surface area contributed by atoms with E-state index in [4.69, 9.17) is 4.74 Å². The standard InChI is InChI=1S/C24H25N3O3/c1-17(18-9-4-3-5-10-18)26-24(29)19-11-8-12-20(15-19)27-23(28)16-25-21-13-6-7-14-22(21)30-2/h3-15,17,25H,16H2,1-2H3,(H,26,29)(H,27,28). The first kappa shape index (κ1) is 20.9. The van der Waals surface area contributed by atoms with Gasteiger partial charge in [0.05, 0.1) is 25.4 Å². The Morgan fingerprint density at radius 2 is 1.67 bits per heavy atom. The van der Waals surface area contributed by atoms with Crippen LogP contribution in [0.2, 0.25) is 0 Å². The number of anilines is 2. The fourth-order valence-electron chi connectivity index (χ4n) is 3.01. The molecule has 3 N–H and O–H groups in total. The molecule has 1 atom stereocenters. The highest BCUT2D eigenvalue weighted by Crippen LogP contribution is 2.22. The molecule has 0 fully saturated rings. The molecule has 0 aliphatic heterocycles. The lowest BCUT2D eigenvalue weighted by molar-refractivity contribution is -0.114. The van der Waals surface area contributed by atoms with E-state index in [0.717, 1.165) is 11.3 Å². The zero-order valence-corrected chi connectivity index (χ0v) is 17.0. The molecule has 154 valence electrons. The quantitative estimate of drug-likeness (QED) is 0.526. The Morgan fingerprint density at radius 1 is 0.933 bits per heavy atom. The molecule has 30 heavy (non-hydrogen) atoms. The molecule has 6 nitrogen and oxygen atoms in total. The van der Waals surface area contributed by atoms with Gasteiger partial charge >= 0.3 is 0 Å². The first-order valence-electron chi connectivity index (χ1n) is 9.69. The van der Waals surface area contributed by atoms with Gasteiger partial charge in [-0.3, -0.25) is 9.59 Å². The second-order valence-electron chi connectivity index (χ2n) is 6.79. The van der Waals surface area contributed by atoms with E-state index in [9.17, 15) is 9.59 Å². The summed E-state index contributed by atoms with van der Waals surface area (Å²) in [7, 11) is 1.58. The van der Waals surface area contributed by atoms with E-state index < -0.39 is 0 Å². The maximum absolute atomic E-state index is 12.6. The van der Waals surface area contributed by atoms with Crippen molar-refractivity contribution in [1.29, 1.82) is 0 Å². The Labute approximate surface area is 176 Å². The van der Waals surface area contributed by atoms with E-state index in [-0.39, 0.29) is 24.4 Å². The monoisotopic (exact) mass is 403 g/mol. The van der Waals surface area contributed by atoms with Gasteiger partial charge < -0.3 is 20.7 Å². The van der Waals surface area contributed by atoms with E-state index in [1.165, 1.54) is 0 Å². The molecule has 0 aliphatic carbocycles. The van der Waals surface area contributed by atoms with Gasteiger partial charge in [0.1, 0.15) is 5.75 Å². The predicted molar refractivity (Wildman–Crippen MR) is 119 cm³/mol. The molecule has 0 saturated carbocycles. The molecule has 1 unspecified atom stereocenters. The van der Waals surface area contributed by atoms with Gasteiger partial charge in [0.25, 0.3) is 5.91 Å². The van der Waals surface area contributed by atoms with Gasteiger partial charge in [0.2, 0.25) is 5.91 Å². The molecule has 3 rings (SSSR count). The summed E-state index contributed by atoms with van der Waals surface area (Å²) in [5.74, 6) is 0.238. The highest BCUT2D eigenvalue weighted by molar-refractivity contribution is 5.98. The molecule has 0 radical (unpaired) electrons. The number of rotatable bonds is 8. The zero-order chi connectivity index (χ0) is 21.3. The van der Waals surface area contributed by atoms with Crippen molar-refractivity contribution in [2.24, 2.45) is 0 Å². The van der Waals surface area contributed by atoms with Crippen LogP contribution in [-0.2, 0) is 4.79 Å². The van der Waals surface area contributed by atoms with Crippen LogP contribution in [0, 0.1) is 0 Å². The van der Waals surface area contributed by atoms with E-state index in [2.05, 4.69) is 16.0 Å². The summed E-state index contributed by atoms with van der Waals surface area (Å²) in [6.45, 7) is 2.00. The lowest BCUT2D eigenvalue weighted by Gasteiger charge is -2.15. The van der Waals surface area contributed by atoms with Crippen LogP contribution < -0.4 is 20.7 Å². The number of carbonyl (C=O) groups excluding carboxylic acids is 2. The van der Waals surface area contributed by atoms with Crippen LogP contribution in [0.3, 0.4) is 0 Å². The molecule has 0 aromatic heterocycles. The van der Waals surface area contributed by atoms with Gasteiger partial charge in [-0.1, -0.05) is 48.5 Å². The van der Waals surface area contributed by atoms with Crippen LogP contribution in [0.25, 0.3) is 0 Å².